The van der Waals surface area contributed by atoms with Crippen LogP contribution in [0.25, 0.3) is 0 Å². The van der Waals surface area contributed by atoms with Crippen LogP contribution in [0.2, 0.25) is 0 Å². The first-order valence-corrected chi connectivity index (χ1v) is 7.15. The van der Waals surface area contributed by atoms with Crippen molar-refractivity contribution in [3.8, 4) is 0 Å². The lowest BCUT2D eigenvalue weighted by atomic mass is 10.3. The Morgan fingerprint density at radius 2 is 2.13 bits per heavy atom. The lowest BCUT2D eigenvalue weighted by Crippen LogP contribution is -2.38. The molecule has 0 unspecified atom stereocenters. The van der Waals surface area contributed by atoms with Gasteiger partial charge >= 0.3 is 0 Å². The average Bonchev–Trinajstić information content (AvgIpc) is 2.46. The minimum Gasteiger partial charge on any atom is -0.228 e. The Kier molecular flexibility index (Phi) is 4.73. The summed E-state index contributed by atoms with van der Waals surface area (Å²) < 4.78 is 8.74. The first-order chi connectivity index (χ1) is 7.10. The molecule has 1 aromatic rings. The molecule has 0 fully saturated rings. The molecular formula is C10H18N3S2+. The van der Waals surface area contributed by atoms with Gasteiger partial charge in [-0.25, -0.2) is 8.96 Å². The van der Waals surface area contributed by atoms with Crippen molar-refractivity contribution >= 4 is 29.6 Å². The molecule has 1 aromatic heterocycles. The highest BCUT2D eigenvalue weighted by atomic mass is 32.2. The molecule has 5 heteroatoms. The minimum atomic E-state index is 0.876. The molecular weight excluding hydrogens is 226 g/mol. The predicted octanol–water partition coefficient (Wildman–Crippen LogP) is 2.26. The van der Waals surface area contributed by atoms with E-state index in [9.17, 15) is 0 Å². The molecule has 0 aromatic carbocycles. The van der Waals surface area contributed by atoms with Gasteiger partial charge < -0.3 is 0 Å². The molecule has 84 valence electrons. The van der Waals surface area contributed by atoms with Crippen LogP contribution >= 0.6 is 23.9 Å². The monoisotopic (exact) mass is 244 g/mol. The molecule has 15 heavy (non-hydrogen) atoms. The molecule has 0 saturated carbocycles. The fraction of sp³-hybridized carbons (Fsp3) is 0.600. The van der Waals surface area contributed by atoms with E-state index in [0.29, 0.717) is 0 Å². The van der Waals surface area contributed by atoms with Gasteiger partial charge in [0, 0.05) is 26.4 Å². The highest BCUT2D eigenvalue weighted by Crippen LogP contribution is 2.09. The zero-order valence-corrected chi connectivity index (χ0v) is 11.6. The van der Waals surface area contributed by atoms with Gasteiger partial charge in [0.05, 0.1) is 17.7 Å². The summed E-state index contributed by atoms with van der Waals surface area (Å²) in [4.78, 5) is 0. The summed E-state index contributed by atoms with van der Waals surface area (Å²) in [6, 6.07) is 0. The molecule has 0 spiro atoms. The van der Waals surface area contributed by atoms with Crippen molar-refractivity contribution in [1.82, 2.24) is 3.97 Å². The number of rotatable bonds is 4. The maximum Gasteiger partial charge on any atom is 0.256 e. The second kappa shape index (κ2) is 5.61. The van der Waals surface area contributed by atoms with Crippen molar-refractivity contribution in [3.05, 3.63) is 17.7 Å². The van der Waals surface area contributed by atoms with E-state index in [2.05, 4.69) is 46.3 Å². The summed E-state index contributed by atoms with van der Waals surface area (Å²) in [6.07, 6.45) is 6.20. The zero-order chi connectivity index (χ0) is 11.4. The Morgan fingerprint density at radius 1 is 1.47 bits per heavy atom. The largest absolute Gasteiger partial charge is 0.256 e. The van der Waals surface area contributed by atoms with Gasteiger partial charge in [0.25, 0.3) is 6.33 Å². The Labute approximate surface area is 100 Å². The van der Waals surface area contributed by atoms with Crippen LogP contribution in [-0.2, 0) is 6.54 Å². The number of hydrogen-bond donors (Lipinski definition) is 0. The van der Waals surface area contributed by atoms with E-state index in [-0.39, 0.29) is 0 Å². The molecule has 0 saturated heterocycles. The minimum absolute atomic E-state index is 0.876. The number of imidazole rings is 1. The highest BCUT2D eigenvalue weighted by Gasteiger charge is 2.15. The molecule has 0 aliphatic carbocycles. The summed E-state index contributed by atoms with van der Waals surface area (Å²) in [6.45, 7) is 7.23. The molecule has 0 aliphatic rings. The molecule has 1 heterocycles. The average molecular weight is 244 g/mol. The van der Waals surface area contributed by atoms with E-state index in [1.54, 1.807) is 11.9 Å². The third-order valence-electron chi connectivity index (χ3n) is 2.37. The summed E-state index contributed by atoms with van der Waals surface area (Å²) in [5.74, 6) is 0. The molecule has 0 amide bonds. The lowest BCUT2D eigenvalue weighted by molar-refractivity contribution is -0.686. The van der Waals surface area contributed by atoms with Gasteiger partial charge in [-0.2, -0.15) is 3.97 Å². The van der Waals surface area contributed by atoms with E-state index in [1.165, 1.54) is 23.3 Å². The maximum absolute atomic E-state index is 4.32. The van der Waals surface area contributed by atoms with Crippen LogP contribution in [0.4, 0.5) is 0 Å². The molecule has 0 bridgehead atoms. The van der Waals surface area contributed by atoms with Gasteiger partial charge in [0.1, 0.15) is 12.2 Å². The van der Waals surface area contributed by atoms with Crippen molar-refractivity contribution in [2.24, 2.45) is 4.40 Å². The van der Waals surface area contributed by atoms with Gasteiger partial charge in [-0.1, -0.05) is 0 Å². The van der Waals surface area contributed by atoms with Crippen molar-refractivity contribution in [3.63, 3.8) is 0 Å². The fourth-order valence-corrected chi connectivity index (χ4v) is 2.43. The predicted molar refractivity (Wildman–Crippen MR) is 69.6 cm³/mol. The standard InChI is InChI=1S/C10H18N3S2/c1-8(11-14-4)6-12-7-13(15-5)10(3)9(12)2/h7H,6H2,1-5H3/q+1/b11-8-. The van der Waals surface area contributed by atoms with Crippen LogP contribution in [0.1, 0.15) is 18.3 Å². The summed E-state index contributed by atoms with van der Waals surface area (Å²) in [7, 11) is 0. The van der Waals surface area contributed by atoms with Crippen molar-refractivity contribution < 1.29 is 4.57 Å². The Bertz CT molecular complexity index is 369. The SMILES string of the molecule is CS/N=C(/C)C[n+]1cn(SC)c(C)c1C. The van der Waals surface area contributed by atoms with Crippen LogP contribution in [0.15, 0.2) is 10.7 Å². The van der Waals surface area contributed by atoms with E-state index in [0.717, 1.165) is 12.3 Å². The Balaban J connectivity index is 2.91. The van der Waals surface area contributed by atoms with E-state index in [1.807, 2.05) is 6.26 Å². The maximum atomic E-state index is 4.32. The third kappa shape index (κ3) is 3.01. The van der Waals surface area contributed by atoms with Gasteiger partial charge in [-0.05, 0) is 18.9 Å². The molecule has 0 atom stereocenters. The first-order valence-electron chi connectivity index (χ1n) is 4.79. The van der Waals surface area contributed by atoms with E-state index >= 15 is 0 Å². The molecule has 0 N–H and O–H groups in total. The molecule has 0 radical (unpaired) electrons. The van der Waals surface area contributed by atoms with Crippen molar-refractivity contribution in [2.45, 2.75) is 27.3 Å². The van der Waals surface area contributed by atoms with Crippen LogP contribution in [0.3, 0.4) is 0 Å². The second-order valence-electron chi connectivity index (χ2n) is 3.43. The summed E-state index contributed by atoms with van der Waals surface area (Å²) >= 11 is 3.24. The van der Waals surface area contributed by atoms with E-state index < -0.39 is 0 Å². The van der Waals surface area contributed by atoms with Gasteiger partial charge in [-0.3, -0.25) is 0 Å². The van der Waals surface area contributed by atoms with E-state index in [4.69, 9.17) is 0 Å². The van der Waals surface area contributed by atoms with Crippen molar-refractivity contribution in [2.75, 3.05) is 12.5 Å². The van der Waals surface area contributed by atoms with Crippen LogP contribution in [-0.4, -0.2) is 22.2 Å². The molecule has 0 aliphatic heterocycles. The molecule has 1 rings (SSSR count). The quantitative estimate of drug-likeness (QED) is 0.460. The smallest absolute Gasteiger partial charge is 0.228 e. The van der Waals surface area contributed by atoms with Gasteiger partial charge in [0.15, 0.2) is 5.69 Å². The van der Waals surface area contributed by atoms with Crippen LogP contribution in [0, 0.1) is 13.8 Å². The fourth-order valence-electron chi connectivity index (χ4n) is 1.44. The summed E-state index contributed by atoms with van der Waals surface area (Å²) in [5, 5.41) is 0. The zero-order valence-electron chi connectivity index (χ0n) is 9.94. The van der Waals surface area contributed by atoms with Crippen molar-refractivity contribution in [1.29, 1.82) is 0 Å². The normalized spacial score (nSPS) is 12.2. The Hall–Kier alpha value is -0.420. The number of hydrogen-bond acceptors (Lipinski definition) is 3. The summed E-state index contributed by atoms with van der Waals surface area (Å²) in [5.41, 5.74) is 3.76. The topological polar surface area (TPSA) is 21.2 Å². The number of nitrogens with zero attached hydrogens (tertiary/aromatic N) is 3. The highest BCUT2D eigenvalue weighted by molar-refractivity contribution is 7.97. The molecule has 3 nitrogen and oxygen atoms in total. The first kappa shape index (κ1) is 12.6. The van der Waals surface area contributed by atoms with Gasteiger partial charge in [0.2, 0.25) is 0 Å². The van der Waals surface area contributed by atoms with Gasteiger partial charge in [-0.15, -0.1) is 0 Å². The lowest BCUT2D eigenvalue weighted by Gasteiger charge is -1.97. The third-order valence-corrected chi connectivity index (χ3v) is 3.63. The number of aromatic nitrogens is 2. The Morgan fingerprint density at radius 3 is 2.60 bits per heavy atom. The second-order valence-corrected chi connectivity index (χ2v) is 4.74. The van der Waals surface area contributed by atoms with Crippen LogP contribution in [0.5, 0.6) is 0 Å². The van der Waals surface area contributed by atoms with Crippen LogP contribution < -0.4 is 4.57 Å².